The molecule has 0 aliphatic carbocycles. The van der Waals surface area contributed by atoms with E-state index in [-0.39, 0.29) is 18.4 Å². The lowest BCUT2D eigenvalue weighted by molar-refractivity contribution is -0.122. The lowest BCUT2D eigenvalue weighted by atomic mass is 10.1. The molecule has 1 atom stereocenters. The molecule has 0 heterocycles. The molecule has 0 fully saturated rings. The summed E-state index contributed by atoms with van der Waals surface area (Å²) in [6, 6.07) is 17.9. The Balaban J connectivity index is 1.62. The highest BCUT2D eigenvalue weighted by Crippen LogP contribution is 2.26. The molecule has 7 heteroatoms. The van der Waals surface area contributed by atoms with Gasteiger partial charge in [-0.15, -0.1) is 0 Å². The van der Waals surface area contributed by atoms with Gasteiger partial charge in [0, 0.05) is 16.1 Å². The van der Waals surface area contributed by atoms with Crippen molar-refractivity contribution in [1.82, 2.24) is 4.90 Å². The van der Waals surface area contributed by atoms with E-state index < -0.39 is 6.04 Å². The molecule has 0 aliphatic heterocycles. The number of carbonyl (C=O) groups is 2. The number of nitrogens with one attached hydrogen (secondary N) is 2. The lowest BCUT2D eigenvalue weighted by Gasteiger charge is -2.23. The van der Waals surface area contributed by atoms with Gasteiger partial charge in [0.15, 0.2) is 0 Å². The molecule has 0 bridgehead atoms. The van der Waals surface area contributed by atoms with Crippen LogP contribution in [-0.2, 0) is 9.59 Å². The number of nitrogens with zero attached hydrogens (tertiary/aromatic N) is 1. The summed E-state index contributed by atoms with van der Waals surface area (Å²) in [5.74, 6) is -0.487. The minimum atomic E-state index is -0.552. The molecule has 0 aromatic heterocycles. The van der Waals surface area contributed by atoms with Crippen molar-refractivity contribution in [2.45, 2.75) is 13.0 Å². The van der Waals surface area contributed by atoms with Gasteiger partial charge in [0.1, 0.15) is 0 Å². The van der Waals surface area contributed by atoms with Crippen LogP contribution < -0.4 is 10.6 Å². The number of hydrogen-bond acceptors (Lipinski definition) is 3. The summed E-state index contributed by atoms with van der Waals surface area (Å²) in [6.45, 7) is 1.78. The Bertz CT molecular complexity index is 1050. The molecule has 0 aliphatic rings. The average molecular weight is 430 g/mol. The van der Waals surface area contributed by atoms with Crippen molar-refractivity contribution in [2.75, 3.05) is 24.2 Å². The highest BCUT2D eigenvalue weighted by atomic mass is 35.5. The molecule has 5 nitrogen and oxygen atoms in total. The first kappa shape index (κ1) is 21.1. The van der Waals surface area contributed by atoms with Gasteiger partial charge < -0.3 is 10.6 Å². The van der Waals surface area contributed by atoms with Gasteiger partial charge in [-0.05, 0) is 43.6 Å². The van der Waals surface area contributed by atoms with Crippen LogP contribution in [0.25, 0.3) is 10.8 Å². The molecule has 3 aromatic rings. The second-order valence-electron chi connectivity index (χ2n) is 6.78. The standard InChI is InChI=1S/C22H21Cl2N3O2/c1-14(22(29)26-20-12-16(23)10-11-18(20)24)27(2)13-21(28)25-19-9-5-7-15-6-3-4-8-17(15)19/h3-12,14H,13H2,1-2H3,(H,25,28)(H,26,29)/t14-/m0/s1. The van der Waals surface area contributed by atoms with E-state index in [0.717, 1.165) is 16.5 Å². The van der Waals surface area contributed by atoms with Crippen LogP contribution in [0.1, 0.15) is 6.92 Å². The number of benzene rings is 3. The lowest BCUT2D eigenvalue weighted by Crippen LogP contribution is -2.43. The molecule has 0 spiro atoms. The summed E-state index contributed by atoms with van der Waals surface area (Å²) in [6.07, 6.45) is 0. The zero-order chi connectivity index (χ0) is 21.0. The van der Waals surface area contributed by atoms with Gasteiger partial charge >= 0.3 is 0 Å². The first-order valence-corrected chi connectivity index (χ1v) is 9.84. The molecular weight excluding hydrogens is 409 g/mol. The molecule has 0 saturated carbocycles. The zero-order valence-corrected chi connectivity index (χ0v) is 17.6. The van der Waals surface area contributed by atoms with E-state index in [2.05, 4.69) is 10.6 Å². The highest BCUT2D eigenvalue weighted by Gasteiger charge is 2.21. The van der Waals surface area contributed by atoms with Crippen LogP contribution in [0.15, 0.2) is 60.7 Å². The van der Waals surface area contributed by atoms with Gasteiger partial charge in [0.05, 0.1) is 23.3 Å². The molecule has 0 unspecified atom stereocenters. The number of halogens is 2. The maximum absolute atomic E-state index is 12.5. The number of carbonyl (C=O) groups excluding carboxylic acids is 2. The summed E-state index contributed by atoms with van der Waals surface area (Å²) in [7, 11) is 1.71. The zero-order valence-electron chi connectivity index (χ0n) is 16.1. The summed E-state index contributed by atoms with van der Waals surface area (Å²) in [5, 5.41) is 8.55. The fourth-order valence-corrected chi connectivity index (χ4v) is 3.26. The highest BCUT2D eigenvalue weighted by molar-refractivity contribution is 6.35. The summed E-state index contributed by atoms with van der Waals surface area (Å²) >= 11 is 12.1. The van der Waals surface area contributed by atoms with Crippen LogP contribution in [-0.4, -0.2) is 36.3 Å². The predicted molar refractivity (Wildman–Crippen MR) is 120 cm³/mol. The number of amides is 2. The van der Waals surface area contributed by atoms with Crippen molar-refractivity contribution in [3.8, 4) is 0 Å². The quantitative estimate of drug-likeness (QED) is 0.576. The maximum atomic E-state index is 12.5. The summed E-state index contributed by atoms with van der Waals surface area (Å²) in [5.41, 5.74) is 1.17. The molecule has 0 radical (unpaired) electrons. The predicted octanol–water partition coefficient (Wildman–Crippen LogP) is 5.04. The van der Waals surface area contributed by atoms with E-state index in [1.807, 2.05) is 42.5 Å². The van der Waals surface area contributed by atoms with E-state index >= 15 is 0 Å². The Morgan fingerprint density at radius 2 is 1.69 bits per heavy atom. The second-order valence-corrected chi connectivity index (χ2v) is 7.62. The fourth-order valence-electron chi connectivity index (χ4n) is 2.92. The van der Waals surface area contributed by atoms with E-state index in [0.29, 0.717) is 15.7 Å². The smallest absolute Gasteiger partial charge is 0.241 e. The van der Waals surface area contributed by atoms with Crippen molar-refractivity contribution >= 4 is 57.2 Å². The second kappa shape index (κ2) is 9.27. The van der Waals surface area contributed by atoms with E-state index in [1.54, 1.807) is 37.1 Å². The number of likely N-dealkylation sites (N-methyl/N-ethyl adjacent to an activating group) is 1. The summed E-state index contributed by atoms with van der Waals surface area (Å²) < 4.78 is 0. The third-order valence-corrected chi connectivity index (χ3v) is 5.25. The van der Waals surface area contributed by atoms with E-state index in [9.17, 15) is 9.59 Å². The minimum Gasteiger partial charge on any atom is -0.324 e. The third-order valence-electron chi connectivity index (χ3n) is 4.68. The number of fused-ring (bicyclic) bond motifs is 1. The van der Waals surface area contributed by atoms with Crippen LogP contribution in [0, 0.1) is 0 Å². The Morgan fingerprint density at radius 3 is 2.48 bits per heavy atom. The van der Waals surface area contributed by atoms with Gasteiger partial charge in [-0.25, -0.2) is 0 Å². The van der Waals surface area contributed by atoms with Crippen molar-refractivity contribution in [2.24, 2.45) is 0 Å². The Morgan fingerprint density at radius 1 is 0.966 bits per heavy atom. The summed E-state index contributed by atoms with van der Waals surface area (Å²) in [4.78, 5) is 26.7. The molecule has 3 rings (SSSR count). The monoisotopic (exact) mass is 429 g/mol. The van der Waals surface area contributed by atoms with Gasteiger partial charge in [0.25, 0.3) is 0 Å². The minimum absolute atomic E-state index is 0.0566. The largest absolute Gasteiger partial charge is 0.324 e. The van der Waals surface area contributed by atoms with Crippen LogP contribution in [0.2, 0.25) is 10.0 Å². The van der Waals surface area contributed by atoms with E-state index in [1.165, 1.54) is 0 Å². The number of hydrogen-bond donors (Lipinski definition) is 2. The van der Waals surface area contributed by atoms with Crippen molar-refractivity contribution < 1.29 is 9.59 Å². The Kier molecular flexibility index (Phi) is 6.75. The maximum Gasteiger partial charge on any atom is 0.241 e. The third kappa shape index (κ3) is 5.26. The molecular formula is C22H21Cl2N3O2. The molecule has 150 valence electrons. The molecule has 2 amide bonds. The fraction of sp³-hybridized carbons (Fsp3) is 0.182. The normalized spacial score (nSPS) is 12.0. The van der Waals surface area contributed by atoms with Crippen LogP contribution >= 0.6 is 23.2 Å². The Hall–Kier alpha value is -2.60. The van der Waals surface area contributed by atoms with Gasteiger partial charge in [0.2, 0.25) is 11.8 Å². The van der Waals surface area contributed by atoms with Gasteiger partial charge in [-0.2, -0.15) is 0 Å². The van der Waals surface area contributed by atoms with Crippen LogP contribution in [0.5, 0.6) is 0 Å². The van der Waals surface area contributed by atoms with Gasteiger partial charge in [-0.1, -0.05) is 59.6 Å². The van der Waals surface area contributed by atoms with Crippen LogP contribution in [0.3, 0.4) is 0 Å². The number of anilines is 2. The SMILES string of the molecule is C[C@@H](C(=O)Nc1cc(Cl)ccc1Cl)N(C)CC(=O)Nc1cccc2ccccc12. The van der Waals surface area contributed by atoms with E-state index in [4.69, 9.17) is 23.2 Å². The first-order valence-electron chi connectivity index (χ1n) is 9.09. The van der Waals surface area contributed by atoms with Crippen molar-refractivity contribution in [1.29, 1.82) is 0 Å². The van der Waals surface area contributed by atoms with Crippen LogP contribution in [0.4, 0.5) is 11.4 Å². The first-order chi connectivity index (χ1) is 13.8. The molecule has 0 saturated heterocycles. The van der Waals surface area contributed by atoms with Crippen molar-refractivity contribution in [3.05, 3.63) is 70.7 Å². The Labute approximate surface area is 179 Å². The molecule has 3 aromatic carbocycles. The average Bonchev–Trinajstić information content (AvgIpc) is 2.70. The van der Waals surface area contributed by atoms with Crippen molar-refractivity contribution in [3.63, 3.8) is 0 Å². The number of rotatable bonds is 6. The topological polar surface area (TPSA) is 61.4 Å². The molecule has 29 heavy (non-hydrogen) atoms. The molecule has 2 N–H and O–H groups in total. The van der Waals surface area contributed by atoms with Gasteiger partial charge in [-0.3, -0.25) is 14.5 Å².